The van der Waals surface area contributed by atoms with E-state index in [0.29, 0.717) is 12.0 Å². The number of nitro groups is 1. The molecule has 0 radical (unpaired) electrons. The lowest BCUT2D eigenvalue weighted by Crippen LogP contribution is -2.16. The first-order valence-electron chi connectivity index (χ1n) is 6.43. The van der Waals surface area contributed by atoms with Crippen LogP contribution in [0.25, 0.3) is 5.57 Å². The lowest BCUT2D eigenvalue weighted by Gasteiger charge is -2.20. The predicted octanol–water partition coefficient (Wildman–Crippen LogP) is 2.63. The Morgan fingerprint density at radius 3 is 2.85 bits per heavy atom. The SMILES string of the molecule is O=C(O)c1ccc(C2=CC3CCC(C2)O3)c([N+](=O)[O-])c1. The Kier molecular flexibility index (Phi) is 3.02. The second kappa shape index (κ2) is 4.72. The molecule has 1 fully saturated rings. The average molecular weight is 275 g/mol. The maximum Gasteiger partial charge on any atom is 0.335 e. The summed E-state index contributed by atoms with van der Waals surface area (Å²) in [5, 5.41) is 20.1. The van der Waals surface area contributed by atoms with E-state index >= 15 is 0 Å². The number of hydrogen-bond donors (Lipinski definition) is 1. The lowest BCUT2D eigenvalue weighted by molar-refractivity contribution is -0.385. The molecule has 1 aromatic rings. The number of carboxylic acids is 1. The maximum absolute atomic E-state index is 11.2. The van der Waals surface area contributed by atoms with Gasteiger partial charge in [0.2, 0.25) is 0 Å². The Morgan fingerprint density at radius 1 is 1.40 bits per heavy atom. The fraction of sp³-hybridized carbons (Fsp3) is 0.357. The van der Waals surface area contributed by atoms with Gasteiger partial charge in [-0.25, -0.2) is 4.79 Å². The van der Waals surface area contributed by atoms with E-state index in [9.17, 15) is 14.9 Å². The van der Waals surface area contributed by atoms with Crippen LogP contribution in [0.5, 0.6) is 0 Å². The summed E-state index contributed by atoms with van der Waals surface area (Å²) in [5.74, 6) is -1.17. The zero-order valence-corrected chi connectivity index (χ0v) is 10.6. The topological polar surface area (TPSA) is 89.7 Å². The van der Waals surface area contributed by atoms with E-state index in [1.807, 2.05) is 6.08 Å². The first kappa shape index (κ1) is 12.8. The number of nitrogens with zero attached hydrogens (tertiary/aromatic N) is 1. The van der Waals surface area contributed by atoms with Gasteiger partial charge in [0.25, 0.3) is 5.69 Å². The van der Waals surface area contributed by atoms with Gasteiger partial charge in [0, 0.05) is 6.07 Å². The molecule has 0 amide bonds. The Bertz CT molecular complexity index is 622. The number of fused-ring (bicyclic) bond motifs is 2. The highest BCUT2D eigenvalue weighted by molar-refractivity contribution is 5.90. The summed E-state index contributed by atoms with van der Waals surface area (Å²) < 4.78 is 5.67. The number of carboxylic acid groups (broad SMARTS) is 1. The minimum absolute atomic E-state index is 0.0301. The number of nitro benzene ring substituents is 1. The van der Waals surface area contributed by atoms with Crippen molar-refractivity contribution < 1.29 is 19.6 Å². The summed E-state index contributed by atoms with van der Waals surface area (Å²) in [4.78, 5) is 21.6. The van der Waals surface area contributed by atoms with Crippen molar-refractivity contribution in [1.29, 1.82) is 0 Å². The number of ether oxygens (including phenoxy) is 1. The van der Waals surface area contributed by atoms with Crippen LogP contribution in [0.3, 0.4) is 0 Å². The maximum atomic E-state index is 11.2. The standard InChI is InChI=1S/C14H13NO5/c16-14(17)8-1-4-12(13(7-8)15(18)19)9-5-10-2-3-11(6-9)20-10/h1,4-5,7,10-11H,2-3,6H2,(H,16,17). The molecule has 6 nitrogen and oxygen atoms in total. The largest absolute Gasteiger partial charge is 0.478 e. The molecule has 0 spiro atoms. The van der Waals surface area contributed by atoms with Gasteiger partial charge in [0.05, 0.1) is 28.3 Å². The lowest BCUT2D eigenvalue weighted by atomic mass is 9.95. The fourth-order valence-electron chi connectivity index (χ4n) is 2.83. The molecule has 2 bridgehead atoms. The highest BCUT2D eigenvalue weighted by atomic mass is 16.6. The molecule has 2 atom stereocenters. The number of benzene rings is 1. The molecule has 2 heterocycles. The molecule has 3 rings (SSSR count). The predicted molar refractivity (Wildman–Crippen MR) is 70.5 cm³/mol. The Hall–Kier alpha value is -2.21. The summed E-state index contributed by atoms with van der Waals surface area (Å²) in [5.41, 5.74) is 1.15. The van der Waals surface area contributed by atoms with Crippen LogP contribution in [-0.2, 0) is 4.74 Å². The van der Waals surface area contributed by atoms with Gasteiger partial charge < -0.3 is 9.84 Å². The van der Waals surface area contributed by atoms with E-state index in [2.05, 4.69) is 0 Å². The molecule has 2 unspecified atom stereocenters. The van der Waals surface area contributed by atoms with Gasteiger partial charge in [-0.3, -0.25) is 10.1 Å². The first-order chi connectivity index (χ1) is 9.54. The molecule has 1 aromatic carbocycles. The van der Waals surface area contributed by atoms with Crippen molar-refractivity contribution in [1.82, 2.24) is 0 Å². The number of aromatic carboxylic acids is 1. The number of rotatable bonds is 3. The highest BCUT2D eigenvalue weighted by Gasteiger charge is 2.32. The summed E-state index contributed by atoms with van der Waals surface area (Å²) in [7, 11) is 0. The average Bonchev–Trinajstić information content (AvgIpc) is 2.76. The molecule has 1 saturated heterocycles. The van der Waals surface area contributed by atoms with Crippen LogP contribution in [0, 0.1) is 10.1 Å². The van der Waals surface area contributed by atoms with Gasteiger partial charge in [0.15, 0.2) is 0 Å². The zero-order chi connectivity index (χ0) is 14.3. The summed E-state index contributed by atoms with van der Waals surface area (Å²) in [6.45, 7) is 0. The van der Waals surface area contributed by atoms with Crippen LogP contribution in [0.15, 0.2) is 24.3 Å². The van der Waals surface area contributed by atoms with Gasteiger partial charge in [-0.05, 0) is 37.0 Å². The van der Waals surface area contributed by atoms with Crippen LogP contribution < -0.4 is 0 Å². The van der Waals surface area contributed by atoms with Crippen molar-refractivity contribution in [2.24, 2.45) is 0 Å². The van der Waals surface area contributed by atoms with Crippen LogP contribution in [0.2, 0.25) is 0 Å². The van der Waals surface area contributed by atoms with E-state index in [0.717, 1.165) is 24.5 Å². The third kappa shape index (κ3) is 2.18. The van der Waals surface area contributed by atoms with Gasteiger partial charge in [0.1, 0.15) is 0 Å². The Morgan fingerprint density at radius 2 is 2.20 bits per heavy atom. The molecule has 6 heteroatoms. The minimum atomic E-state index is -1.17. The van der Waals surface area contributed by atoms with Crippen LogP contribution >= 0.6 is 0 Å². The Balaban J connectivity index is 2.05. The van der Waals surface area contributed by atoms with Crippen molar-refractivity contribution in [2.75, 3.05) is 0 Å². The summed E-state index contributed by atoms with van der Waals surface area (Å²) in [6, 6.07) is 4.05. The molecular weight excluding hydrogens is 262 g/mol. The van der Waals surface area contributed by atoms with Gasteiger partial charge in [-0.1, -0.05) is 6.08 Å². The third-order valence-corrected chi connectivity index (χ3v) is 3.76. The van der Waals surface area contributed by atoms with E-state index < -0.39 is 10.9 Å². The van der Waals surface area contributed by atoms with Crippen LogP contribution in [0.4, 0.5) is 5.69 Å². The summed E-state index contributed by atoms with van der Waals surface area (Å²) >= 11 is 0. The number of hydrogen-bond acceptors (Lipinski definition) is 4. The Labute approximate surface area is 114 Å². The van der Waals surface area contributed by atoms with Crippen molar-refractivity contribution >= 4 is 17.2 Å². The molecule has 1 N–H and O–H groups in total. The monoisotopic (exact) mass is 275 g/mol. The molecule has 2 aliphatic rings. The zero-order valence-electron chi connectivity index (χ0n) is 10.6. The second-order valence-corrected chi connectivity index (χ2v) is 5.06. The minimum Gasteiger partial charge on any atom is -0.478 e. The second-order valence-electron chi connectivity index (χ2n) is 5.06. The van der Waals surface area contributed by atoms with E-state index in [1.165, 1.54) is 12.1 Å². The fourth-order valence-corrected chi connectivity index (χ4v) is 2.83. The highest BCUT2D eigenvalue weighted by Crippen LogP contribution is 2.39. The smallest absolute Gasteiger partial charge is 0.335 e. The first-order valence-corrected chi connectivity index (χ1v) is 6.43. The molecule has 2 aliphatic heterocycles. The van der Waals surface area contributed by atoms with Crippen molar-refractivity contribution in [3.8, 4) is 0 Å². The molecule has 0 aromatic heterocycles. The normalized spacial score (nSPS) is 24.3. The molecular formula is C14H13NO5. The van der Waals surface area contributed by atoms with Crippen LogP contribution in [0.1, 0.15) is 35.2 Å². The van der Waals surface area contributed by atoms with Gasteiger partial charge in [-0.15, -0.1) is 0 Å². The van der Waals surface area contributed by atoms with Gasteiger partial charge >= 0.3 is 5.97 Å². The summed E-state index contributed by atoms with van der Waals surface area (Å²) in [6.07, 6.45) is 4.62. The molecule has 0 aliphatic carbocycles. The van der Waals surface area contributed by atoms with Crippen molar-refractivity contribution in [3.05, 3.63) is 45.5 Å². The molecule has 104 valence electrons. The quantitative estimate of drug-likeness (QED) is 0.676. The van der Waals surface area contributed by atoms with Crippen molar-refractivity contribution in [2.45, 2.75) is 31.5 Å². The van der Waals surface area contributed by atoms with E-state index in [1.54, 1.807) is 0 Å². The van der Waals surface area contributed by atoms with E-state index in [4.69, 9.17) is 9.84 Å². The third-order valence-electron chi connectivity index (χ3n) is 3.76. The van der Waals surface area contributed by atoms with Crippen LogP contribution in [-0.4, -0.2) is 28.2 Å². The van der Waals surface area contributed by atoms with Gasteiger partial charge in [-0.2, -0.15) is 0 Å². The van der Waals surface area contributed by atoms with E-state index in [-0.39, 0.29) is 23.5 Å². The molecule has 0 saturated carbocycles. The number of carbonyl (C=O) groups is 1. The van der Waals surface area contributed by atoms with Crippen molar-refractivity contribution in [3.63, 3.8) is 0 Å². The molecule has 20 heavy (non-hydrogen) atoms.